The number of ether oxygens (including phenoxy) is 1. The monoisotopic (exact) mass is 344 g/mol. The van der Waals surface area contributed by atoms with Gasteiger partial charge in [-0.3, -0.25) is 9.59 Å². The minimum atomic E-state index is -0.600. The van der Waals surface area contributed by atoms with E-state index in [9.17, 15) is 14.4 Å². The van der Waals surface area contributed by atoms with E-state index in [2.05, 4.69) is 29.6 Å². The van der Waals surface area contributed by atoms with Gasteiger partial charge in [-0.1, -0.05) is 30.3 Å². The lowest BCUT2D eigenvalue weighted by Gasteiger charge is -2.32. The molecule has 2 saturated heterocycles. The number of benzene rings is 1. The molecule has 0 saturated carbocycles. The Labute approximate surface area is 147 Å². The van der Waals surface area contributed by atoms with Gasteiger partial charge in [0, 0.05) is 19.5 Å². The molecule has 1 atom stereocenters. The summed E-state index contributed by atoms with van der Waals surface area (Å²) in [7, 11) is 0. The van der Waals surface area contributed by atoms with Crippen LogP contribution in [0.1, 0.15) is 31.2 Å². The third-order valence-corrected chi connectivity index (χ3v) is 4.95. The summed E-state index contributed by atoms with van der Waals surface area (Å²) >= 11 is 0. The number of hydrogen-bond acceptors (Lipinski definition) is 4. The summed E-state index contributed by atoms with van der Waals surface area (Å²) in [5.41, 5.74) is 1.33. The first-order chi connectivity index (χ1) is 12.1. The average Bonchev–Trinajstić information content (AvgIpc) is 3.07. The Morgan fingerprint density at radius 3 is 2.48 bits per heavy atom. The van der Waals surface area contributed by atoms with Crippen LogP contribution in [0.2, 0.25) is 0 Å². The Balaban J connectivity index is 1.38. The summed E-state index contributed by atoms with van der Waals surface area (Å²) < 4.78 is 5.07. The number of carbonyl (C=O) groups is 3. The molecule has 134 valence electrons. The van der Waals surface area contributed by atoms with Crippen LogP contribution in [0.5, 0.6) is 0 Å². The van der Waals surface area contributed by atoms with Crippen LogP contribution in [0.25, 0.3) is 0 Å². The van der Waals surface area contributed by atoms with Crippen molar-refractivity contribution in [3.63, 3.8) is 0 Å². The van der Waals surface area contributed by atoms with Crippen LogP contribution in [-0.4, -0.2) is 48.4 Å². The summed E-state index contributed by atoms with van der Waals surface area (Å²) in [6.07, 6.45) is 3.75. The van der Waals surface area contributed by atoms with E-state index in [1.54, 1.807) is 4.90 Å². The summed E-state index contributed by atoms with van der Waals surface area (Å²) in [6.45, 7) is 1.16. The maximum atomic E-state index is 12.2. The van der Waals surface area contributed by atoms with Crippen LogP contribution in [0.4, 0.5) is 0 Å². The van der Waals surface area contributed by atoms with Crippen molar-refractivity contribution < 1.29 is 19.1 Å². The molecule has 2 aliphatic rings. The Morgan fingerprint density at radius 1 is 1.12 bits per heavy atom. The van der Waals surface area contributed by atoms with Gasteiger partial charge in [0.1, 0.15) is 6.04 Å². The molecule has 1 aromatic rings. The molecule has 3 rings (SSSR count). The van der Waals surface area contributed by atoms with E-state index in [0.29, 0.717) is 31.8 Å². The number of nitrogens with one attached hydrogen (secondary N) is 1. The van der Waals surface area contributed by atoms with Crippen molar-refractivity contribution in [2.24, 2.45) is 5.92 Å². The summed E-state index contributed by atoms with van der Waals surface area (Å²) in [6, 6.07) is 9.79. The number of piperidine rings is 1. The minimum Gasteiger partial charge on any atom is -0.454 e. The molecule has 0 spiro atoms. The maximum absolute atomic E-state index is 12.2. The van der Waals surface area contributed by atoms with Gasteiger partial charge in [0.25, 0.3) is 5.91 Å². The molecule has 0 unspecified atom stereocenters. The van der Waals surface area contributed by atoms with Gasteiger partial charge < -0.3 is 15.0 Å². The lowest BCUT2D eigenvalue weighted by molar-refractivity contribution is -0.154. The Morgan fingerprint density at radius 2 is 1.84 bits per heavy atom. The second kappa shape index (κ2) is 8.14. The van der Waals surface area contributed by atoms with Gasteiger partial charge in [0.15, 0.2) is 6.61 Å². The smallest absolute Gasteiger partial charge is 0.329 e. The van der Waals surface area contributed by atoms with Crippen LogP contribution in [-0.2, 0) is 25.5 Å². The highest BCUT2D eigenvalue weighted by atomic mass is 16.5. The van der Waals surface area contributed by atoms with Gasteiger partial charge in [0.2, 0.25) is 5.91 Å². The third kappa shape index (κ3) is 4.81. The van der Waals surface area contributed by atoms with Crippen LogP contribution in [0.3, 0.4) is 0 Å². The maximum Gasteiger partial charge on any atom is 0.329 e. The van der Waals surface area contributed by atoms with Crippen molar-refractivity contribution in [1.82, 2.24) is 10.2 Å². The quantitative estimate of drug-likeness (QED) is 0.817. The molecular weight excluding hydrogens is 320 g/mol. The van der Waals surface area contributed by atoms with E-state index in [4.69, 9.17) is 4.74 Å². The normalized spacial score (nSPS) is 21.0. The van der Waals surface area contributed by atoms with E-state index >= 15 is 0 Å². The van der Waals surface area contributed by atoms with Gasteiger partial charge in [-0.25, -0.2) is 4.79 Å². The average molecular weight is 344 g/mol. The highest BCUT2D eigenvalue weighted by Crippen LogP contribution is 2.21. The molecule has 0 aliphatic carbocycles. The molecule has 0 radical (unpaired) electrons. The van der Waals surface area contributed by atoms with E-state index in [-0.39, 0.29) is 18.4 Å². The zero-order chi connectivity index (χ0) is 17.6. The first kappa shape index (κ1) is 17.5. The molecule has 6 nitrogen and oxygen atoms in total. The zero-order valence-electron chi connectivity index (χ0n) is 14.3. The molecule has 1 aromatic carbocycles. The van der Waals surface area contributed by atoms with E-state index in [1.807, 2.05) is 6.07 Å². The predicted octanol–water partition coefficient (Wildman–Crippen LogP) is 1.29. The molecule has 25 heavy (non-hydrogen) atoms. The largest absolute Gasteiger partial charge is 0.454 e. The predicted molar refractivity (Wildman–Crippen MR) is 91.6 cm³/mol. The van der Waals surface area contributed by atoms with Crippen LogP contribution >= 0.6 is 0 Å². The number of esters is 1. The first-order valence-corrected chi connectivity index (χ1v) is 8.89. The number of hydrogen-bond donors (Lipinski definition) is 1. The SMILES string of the molecule is O=C1CC[C@H](C(=O)OCC(=O)N2CCC(Cc3ccccc3)CC2)N1. The molecule has 0 aromatic heterocycles. The van der Waals surface area contributed by atoms with Crippen molar-refractivity contribution in [2.45, 2.75) is 38.1 Å². The number of likely N-dealkylation sites (tertiary alicyclic amines) is 1. The highest BCUT2D eigenvalue weighted by Gasteiger charge is 2.30. The minimum absolute atomic E-state index is 0.145. The van der Waals surface area contributed by atoms with Crippen molar-refractivity contribution in [3.05, 3.63) is 35.9 Å². The lowest BCUT2D eigenvalue weighted by atomic mass is 9.90. The van der Waals surface area contributed by atoms with Gasteiger partial charge in [-0.05, 0) is 37.2 Å². The highest BCUT2D eigenvalue weighted by molar-refractivity contribution is 5.89. The topological polar surface area (TPSA) is 75.7 Å². The van der Waals surface area contributed by atoms with E-state index in [1.165, 1.54) is 5.56 Å². The van der Waals surface area contributed by atoms with Crippen LogP contribution in [0, 0.1) is 5.92 Å². The molecule has 1 N–H and O–H groups in total. The van der Waals surface area contributed by atoms with Gasteiger partial charge >= 0.3 is 5.97 Å². The fraction of sp³-hybridized carbons (Fsp3) is 0.526. The Kier molecular flexibility index (Phi) is 5.68. The summed E-state index contributed by atoms with van der Waals surface area (Å²) in [5, 5.41) is 2.55. The second-order valence-electron chi connectivity index (χ2n) is 6.78. The van der Waals surface area contributed by atoms with Gasteiger partial charge in [-0.15, -0.1) is 0 Å². The molecule has 2 amide bonds. The molecule has 0 bridgehead atoms. The Hall–Kier alpha value is -2.37. The lowest BCUT2D eigenvalue weighted by Crippen LogP contribution is -2.42. The van der Waals surface area contributed by atoms with Crippen molar-refractivity contribution >= 4 is 17.8 Å². The zero-order valence-corrected chi connectivity index (χ0v) is 14.3. The molecule has 2 aliphatic heterocycles. The van der Waals surface area contributed by atoms with Crippen molar-refractivity contribution in [3.8, 4) is 0 Å². The van der Waals surface area contributed by atoms with Gasteiger partial charge in [0.05, 0.1) is 0 Å². The fourth-order valence-electron chi connectivity index (χ4n) is 3.45. The number of carbonyl (C=O) groups excluding carboxylic acids is 3. The number of amides is 2. The van der Waals surface area contributed by atoms with Crippen LogP contribution in [0.15, 0.2) is 30.3 Å². The molecular formula is C19H24N2O4. The first-order valence-electron chi connectivity index (χ1n) is 8.89. The van der Waals surface area contributed by atoms with E-state index in [0.717, 1.165) is 19.3 Å². The number of nitrogens with zero attached hydrogens (tertiary/aromatic N) is 1. The van der Waals surface area contributed by atoms with Crippen molar-refractivity contribution in [1.29, 1.82) is 0 Å². The van der Waals surface area contributed by atoms with Crippen molar-refractivity contribution in [2.75, 3.05) is 19.7 Å². The fourth-order valence-corrected chi connectivity index (χ4v) is 3.45. The third-order valence-electron chi connectivity index (χ3n) is 4.95. The van der Waals surface area contributed by atoms with Crippen LogP contribution < -0.4 is 5.32 Å². The number of rotatable bonds is 5. The van der Waals surface area contributed by atoms with E-state index < -0.39 is 12.0 Å². The summed E-state index contributed by atoms with van der Waals surface area (Å²) in [4.78, 5) is 36.9. The standard InChI is InChI=1S/C19H24N2O4/c22-17-7-6-16(20-17)19(24)25-13-18(23)21-10-8-15(9-11-21)12-14-4-2-1-3-5-14/h1-5,15-16H,6-13H2,(H,20,22)/t16-/m1/s1. The van der Waals surface area contributed by atoms with Gasteiger partial charge in [-0.2, -0.15) is 0 Å². The molecule has 6 heteroatoms. The summed E-state index contributed by atoms with van der Waals surface area (Å²) in [5.74, 6) is -0.231. The second-order valence-corrected chi connectivity index (χ2v) is 6.78. The molecule has 2 fully saturated rings. The molecule has 2 heterocycles. The Bertz CT molecular complexity index is 624.